The molecule has 0 aliphatic carbocycles. The lowest BCUT2D eigenvalue weighted by Crippen LogP contribution is -2.14. The van der Waals surface area contributed by atoms with Gasteiger partial charge in [0.2, 0.25) is 5.91 Å². The fourth-order valence-corrected chi connectivity index (χ4v) is 3.99. The van der Waals surface area contributed by atoms with Gasteiger partial charge in [0, 0.05) is 27.5 Å². The topological polar surface area (TPSA) is 67.0 Å². The van der Waals surface area contributed by atoms with Crippen molar-refractivity contribution in [1.82, 2.24) is 9.97 Å². The van der Waals surface area contributed by atoms with Gasteiger partial charge >= 0.3 is 0 Å². The van der Waals surface area contributed by atoms with Crippen LogP contribution in [0, 0.1) is 6.92 Å². The SMILES string of the molecule is CCOc1ccc(CC(=O)Nc2nc(-c3c(C)[nH]c4ccccc34)cs2)cc1. The number of amides is 1. The van der Waals surface area contributed by atoms with Gasteiger partial charge in [-0.25, -0.2) is 4.98 Å². The fourth-order valence-electron chi connectivity index (χ4n) is 3.27. The standard InChI is InChI=1S/C22H21N3O2S/c1-3-27-16-10-8-15(9-11-16)12-20(26)25-22-24-19(13-28-22)21-14(2)23-18-7-5-4-6-17(18)21/h4-11,13,23H,3,12H2,1-2H3,(H,24,25,26). The fraction of sp³-hybridized carbons (Fsp3) is 0.182. The number of H-pyrrole nitrogens is 1. The van der Waals surface area contributed by atoms with E-state index in [-0.39, 0.29) is 5.91 Å². The second-order valence-electron chi connectivity index (χ2n) is 6.51. The molecule has 4 aromatic rings. The van der Waals surface area contributed by atoms with Crippen LogP contribution in [0.3, 0.4) is 0 Å². The average molecular weight is 391 g/mol. The van der Waals surface area contributed by atoms with Crippen LogP contribution >= 0.6 is 11.3 Å². The molecule has 5 nitrogen and oxygen atoms in total. The van der Waals surface area contributed by atoms with E-state index in [1.165, 1.54) is 11.3 Å². The Bertz CT molecular complexity index is 1110. The Balaban J connectivity index is 1.47. The number of benzene rings is 2. The van der Waals surface area contributed by atoms with Gasteiger partial charge in [-0.3, -0.25) is 4.79 Å². The average Bonchev–Trinajstić information content (AvgIpc) is 3.26. The van der Waals surface area contributed by atoms with Crippen molar-refractivity contribution in [2.75, 3.05) is 11.9 Å². The van der Waals surface area contributed by atoms with Crippen LogP contribution in [0.1, 0.15) is 18.2 Å². The molecule has 2 N–H and O–H groups in total. The smallest absolute Gasteiger partial charge is 0.230 e. The number of anilines is 1. The summed E-state index contributed by atoms with van der Waals surface area (Å²) in [5.41, 5.74) is 5.04. The molecule has 0 aliphatic heterocycles. The van der Waals surface area contributed by atoms with Crippen molar-refractivity contribution in [3.63, 3.8) is 0 Å². The third-order valence-corrected chi connectivity index (χ3v) is 5.26. The molecule has 28 heavy (non-hydrogen) atoms. The summed E-state index contributed by atoms with van der Waals surface area (Å²) in [6.07, 6.45) is 0.299. The van der Waals surface area contributed by atoms with E-state index < -0.39 is 0 Å². The normalized spacial score (nSPS) is 10.9. The number of carbonyl (C=O) groups is 1. The molecule has 1 amide bonds. The van der Waals surface area contributed by atoms with Crippen LogP contribution < -0.4 is 10.1 Å². The lowest BCUT2D eigenvalue weighted by atomic mass is 10.1. The quantitative estimate of drug-likeness (QED) is 0.476. The van der Waals surface area contributed by atoms with Crippen molar-refractivity contribution in [1.29, 1.82) is 0 Å². The summed E-state index contributed by atoms with van der Waals surface area (Å²) in [5.74, 6) is 0.728. The van der Waals surface area contributed by atoms with Crippen LogP contribution in [-0.4, -0.2) is 22.5 Å². The molecule has 142 valence electrons. The number of aromatic amines is 1. The summed E-state index contributed by atoms with van der Waals surface area (Å²) in [6, 6.07) is 15.7. The van der Waals surface area contributed by atoms with Gasteiger partial charge < -0.3 is 15.0 Å². The van der Waals surface area contributed by atoms with Crippen LogP contribution in [-0.2, 0) is 11.2 Å². The minimum absolute atomic E-state index is 0.0827. The molecule has 0 spiro atoms. The molecule has 0 unspecified atom stereocenters. The number of hydrogen-bond donors (Lipinski definition) is 2. The maximum Gasteiger partial charge on any atom is 0.230 e. The highest BCUT2D eigenvalue weighted by Gasteiger charge is 2.14. The van der Waals surface area contributed by atoms with Gasteiger partial charge in [0.25, 0.3) is 0 Å². The number of ether oxygens (including phenoxy) is 1. The Morgan fingerprint density at radius 2 is 1.96 bits per heavy atom. The first-order chi connectivity index (χ1) is 13.6. The Morgan fingerprint density at radius 3 is 2.75 bits per heavy atom. The number of carbonyl (C=O) groups excluding carboxylic acids is 1. The molecule has 0 radical (unpaired) electrons. The first-order valence-electron chi connectivity index (χ1n) is 9.19. The Kier molecular flexibility index (Phi) is 5.12. The summed E-state index contributed by atoms with van der Waals surface area (Å²) in [7, 11) is 0. The largest absolute Gasteiger partial charge is 0.494 e. The number of nitrogens with one attached hydrogen (secondary N) is 2. The highest BCUT2D eigenvalue weighted by atomic mass is 32.1. The number of aryl methyl sites for hydroxylation is 1. The molecule has 0 fully saturated rings. The Hall–Kier alpha value is -3.12. The maximum atomic E-state index is 12.4. The van der Waals surface area contributed by atoms with Crippen LogP contribution in [0.5, 0.6) is 5.75 Å². The lowest BCUT2D eigenvalue weighted by molar-refractivity contribution is -0.115. The van der Waals surface area contributed by atoms with Gasteiger partial charge in [0.05, 0.1) is 18.7 Å². The molecule has 0 aliphatic rings. The third kappa shape index (κ3) is 3.77. The van der Waals surface area contributed by atoms with E-state index in [9.17, 15) is 4.79 Å². The summed E-state index contributed by atoms with van der Waals surface area (Å²) >= 11 is 1.44. The summed E-state index contributed by atoms with van der Waals surface area (Å²) in [5, 5.41) is 6.63. The highest BCUT2D eigenvalue weighted by molar-refractivity contribution is 7.14. The number of rotatable bonds is 6. The maximum absolute atomic E-state index is 12.4. The molecule has 2 aromatic carbocycles. The Labute approximate surface area is 167 Å². The third-order valence-electron chi connectivity index (χ3n) is 4.50. The van der Waals surface area contributed by atoms with Crippen molar-refractivity contribution in [3.05, 3.63) is 65.2 Å². The van der Waals surface area contributed by atoms with Crippen LogP contribution in [0.25, 0.3) is 22.2 Å². The first kappa shape index (κ1) is 18.3. The minimum atomic E-state index is -0.0827. The second kappa shape index (κ2) is 7.86. The number of thiazole rings is 1. The van der Waals surface area contributed by atoms with Crippen molar-refractivity contribution >= 4 is 33.3 Å². The molecule has 2 heterocycles. The molecular formula is C22H21N3O2S. The molecule has 0 bridgehead atoms. The predicted molar refractivity (Wildman–Crippen MR) is 114 cm³/mol. The number of aromatic nitrogens is 2. The van der Waals surface area contributed by atoms with E-state index in [4.69, 9.17) is 4.74 Å². The molecule has 4 rings (SSSR count). The highest BCUT2D eigenvalue weighted by Crippen LogP contribution is 2.33. The van der Waals surface area contributed by atoms with Gasteiger partial charge in [-0.1, -0.05) is 30.3 Å². The van der Waals surface area contributed by atoms with Crippen molar-refractivity contribution in [3.8, 4) is 17.0 Å². The first-order valence-corrected chi connectivity index (χ1v) is 10.1. The lowest BCUT2D eigenvalue weighted by Gasteiger charge is -2.05. The predicted octanol–water partition coefficient (Wildman–Crippen LogP) is 5.18. The van der Waals surface area contributed by atoms with Crippen molar-refractivity contribution < 1.29 is 9.53 Å². The van der Waals surface area contributed by atoms with E-state index in [2.05, 4.69) is 27.4 Å². The number of nitrogens with zero attached hydrogens (tertiary/aromatic N) is 1. The van der Waals surface area contributed by atoms with Crippen LogP contribution in [0.2, 0.25) is 0 Å². The molecular weight excluding hydrogens is 370 g/mol. The van der Waals surface area contributed by atoms with Crippen LogP contribution in [0.15, 0.2) is 53.9 Å². The van der Waals surface area contributed by atoms with E-state index in [0.29, 0.717) is 18.2 Å². The monoisotopic (exact) mass is 391 g/mol. The van der Waals surface area contributed by atoms with Gasteiger partial charge in [-0.2, -0.15) is 0 Å². The van der Waals surface area contributed by atoms with Crippen molar-refractivity contribution in [2.24, 2.45) is 0 Å². The van der Waals surface area contributed by atoms with Gasteiger partial charge in [0.1, 0.15) is 5.75 Å². The molecule has 6 heteroatoms. The zero-order valence-corrected chi connectivity index (χ0v) is 16.6. The molecule has 0 atom stereocenters. The van der Waals surface area contributed by atoms with E-state index in [1.54, 1.807) is 0 Å². The second-order valence-corrected chi connectivity index (χ2v) is 7.37. The van der Waals surface area contributed by atoms with E-state index in [0.717, 1.165) is 39.2 Å². The number of hydrogen-bond acceptors (Lipinski definition) is 4. The van der Waals surface area contributed by atoms with Crippen molar-refractivity contribution in [2.45, 2.75) is 20.3 Å². The van der Waals surface area contributed by atoms with E-state index >= 15 is 0 Å². The minimum Gasteiger partial charge on any atom is -0.494 e. The van der Waals surface area contributed by atoms with Gasteiger partial charge in [-0.05, 0) is 37.6 Å². The Morgan fingerprint density at radius 1 is 1.18 bits per heavy atom. The molecule has 0 saturated heterocycles. The van der Waals surface area contributed by atoms with E-state index in [1.807, 2.05) is 55.6 Å². The zero-order chi connectivity index (χ0) is 19.5. The molecule has 0 saturated carbocycles. The summed E-state index contributed by atoms with van der Waals surface area (Å²) in [6.45, 7) is 4.61. The van der Waals surface area contributed by atoms with Gasteiger partial charge in [0.15, 0.2) is 5.13 Å². The van der Waals surface area contributed by atoms with Crippen LogP contribution in [0.4, 0.5) is 5.13 Å². The molecule has 2 aromatic heterocycles. The summed E-state index contributed by atoms with van der Waals surface area (Å²) < 4.78 is 5.43. The van der Waals surface area contributed by atoms with Gasteiger partial charge in [-0.15, -0.1) is 11.3 Å². The number of para-hydroxylation sites is 1. The zero-order valence-electron chi connectivity index (χ0n) is 15.8. The number of fused-ring (bicyclic) bond motifs is 1. The summed E-state index contributed by atoms with van der Waals surface area (Å²) in [4.78, 5) is 20.4.